The van der Waals surface area contributed by atoms with Gasteiger partial charge in [-0.1, -0.05) is 0 Å². The molecule has 0 radical (unpaired) electrons. The highest BCUT2D eigenvalue weighted by molar-refractivity contribution is 5.91. The maximum atomic E-state index is 12.9. The SMILES string of the molecule is COCCN(CCN(C(C)=O)c1ccc(F)cc1)C(C)=O. The molecule has 0 aliphatic heterocycles. The van der Waals surface area contributed by atoms with E-state index in [0.29, 0.717) is 31.9 Å². The maximum Gasteiger partial charge on any atom is 0.223 e. The Kier molecular flexibility index (Phi) is 6.81. The van der Waals surface area contributed by atoms with Gasteiger partial charge in [0, 0.05) is 46.3 Å². The van der Waals surface area contributed by atoms with Crippen LogP contribution < -0.4 is 4.90 Å². The van der Waals surface area contributed by atoms with Gasteiger partial charge in [0.2, 0.25) is 11.8 Å². The van der Waals surface area contributed by atoms with E-state index in [4.69, 9.17) is 4.74 Å². The number of benzene rings is 1. The van der Waals surface area contributed by atoms with E-state index in [9.17, 15) is 14.0 Å². The van der Waals surface area contributed by atoms with Crippen molar-refractivity contribution in [3.05, 3.63) is 30.1 Å². The minimum atomic E-state index is -0.354. The Hall–Kier alpha value is -1.95. The lowest BCUT2D eigenvalue weighted by atomic mass is 10.2. The highest BCUT2D eigenvalue weighted by Gasteiger charge is 2.15. The number of hydrogen-bond acceptors (Lipinski definition) is 3. The molecule has 0 aliphatic rings. The zero-order valence-corrected chi connectivity index (χ0v) is 12.6. The van der Waals surface area contributed by atoms with E-state index in [-0.39, 0.29) is 17.6 Å². The van der Waals surface area contributed by atoms with E-state index < -0.39 is 0 Å². The van der Waals surface area contributed by atoms with Gasteiger partial charge in [-0.3, -0.25) is 9.59 Å². The van der Waals surface area contributed by atoms with E-state index in [1.165, 1.54) is 30.9 Å². The number of amides is 2. The van der Waals surface area contributed by atoms with Gasteiger partial charge in [0.05, 0.1) is 6.61 Å². The van der Waals surface area contributed by atoms with Gasteiger partial charge in [0.25, 0.3) is 0 Å². The fourth-order valence-electron chi connectivity index (χ4n) is 1.94. The van der Waals surface area contributed by atoms with Gasteiger partial charge in [0.1, 0.15) is 5.82 Å². The van der Waals surface area contributed by atoms with Crippen LogP contribution in [0, 0.1) is 5.82 Å². The number of carbonyl (C=O) groups is 2. The Balaban J connectivity index is 2.72. The van der Waals surface area contributed by atoms with E-state index in [1.54, 1.807) is 24.1 Å². The van der Waals surface area contributed by atoms with Gasteiger partial charge in [-0.15, -0.1) is 0 Å². The lowest BCUT2D eigenvalue weighted by Crippen LogP contribution is -2.41. The zero-order chi connectivity index (χ0) is 15.8. The second-order valence-corrected chi connectivity index (χ2v) is 4.65. The van der Waals surface area contributed by atoms with Crippen molar-refractivity contribution in [1.82, 2.24) is 4.90 Å². The lowest BCUT2D eigenvalue weighted by Gasteiger charge is -2.26. The smallest absolute Gasteiger partial charge is 0.223 e. The van der Waals surface area contributed by atoms with Crippen molar-refractivity contribution in [2.24, 2.45) is 0 Å². The summed E-state index contributed by atoms with van der Waals surface area (Å²) in [6, 6.07) is 5.70. The third-order valence-corrected chi connectivity index (χ3v) is 3.12. The van der Waals surface area contributed by atoms with Crippen LogP contribution in [0.3, 0.4) is 0 Å². The third-order valence-electron chi connectivity index (χ3n) is 3.12. The summed E-state index contributed by atoms with van der Waals surface area (Å²) in [6.07, 6.45) is 0. The van der Waals surface area contributed by atoms with Gasteiger partial charge in [-0.25, -0.2) is 4.39 Å². The fourth-order valence-corrected chi connectivity index (χ4v) is 1.94. The zero-order valence-electron chi connectivity index (χ0n) is 12.6. The molecule has 5 nitrogen and oxygen atoms in total. The normalized spacial score (nSPS) is 10.3. The first-order valence-corrected chi connectivity index (χ1v) is 6.74. The average Bonchev–Trinajstić information content (AvgIpc) is 2.43. The van der Waals surface area contributed by atoms with E-state index in [0.717, 1.165) is 0 Å². The summed E-state index contributed by atoms with van der Waals surface area (Å²) >= 11 is 0. The molecule has 0 heterocycles. The van der Waals surface area contributed by atoms with Crippen LogP contribution >= 0.6 is 0 Å². The second kappa shape index (κ2) is 8.36. The molecule has 116 valence electrons. The number of halogens is 1. The Morgan fingerprint density at radius 2 is 1.67 bits per heavy atom. The summed E-state index contributed by atoms with van der Waals surface area (Å²) in [4.78, 5) is 26.4. The van der Waals surface area contributed by atoms with Crippen LogP contribution in [-0.4, -0.2) is 50.1 Å². The number of rotatable bonds is 7. The number of anilines is 1. The summed E-state index contributed by atoms with van der Waals surface area (Å²) in [7, 11) is 1.57. The van der Waals surface area contributed by atoms with Crippen LogP contribution in [0.4, 0.5) is 10.1 Å². The number of hydrogen-bond donors (Lipinski definition) is 0. The summed E-state index contributed by atoms with van der Waals surface area (Å²) in [5.74, 6) is -0.584. The van der Waals surface area contributed by atoms with Crippen molar-refractivity contribution in [2.75, 3.05) is 38.3 Å². The van der Waals surface area contributed by atoms with Crippen LogP contribution in [0.5, 0.6) is 0 Å². The van der Waals surface area contributed by atoms with Crippen LogP contribution in [0.15, 0.2) is 24.3 Å². The Labute approximate surface area is 124 Å². The second-order valence-electron chi connectivity index (χ2n) is 4.65. The molecule has 0 atom stereocenters. The van der Waals surface area contributed by atoms with Crippen LogP contribution in [0.2, 0.25) is 0 Å². The van der Waals surface area contributed by atoms with Gasteiger partial charge in [-0.2, -0.15) is 0 Å². The van der Waals surface area contributed by atoms with Gasteiger partial charge >= 0.3 is 0 Å². The largest absolute Gasteiger partial charge is 0.383 e. The molecule has 6 heteroatoms. The molecule has 0 fully saturated rings. The predicted molar refractivity (Wildman–Crippen MR) is 78.6 cm³/mol. The monoisotopic (exact) mass is 296 g/mol. The molecule has 0 saturated heterocycles. The standard InChI is InChI=1S/C15H21FN2O3/c1-12(19)17(10-11-21-3)8-9-18(13(2)20)15-6-4-14(16)5-7-15/h4-7H,8-11H2,1-3H3. The predicted octanol–water partition coefficient (Wildman–Crippen LogP) is 1.67. The van der Waals surface area contributed by atoms with E-state index >= 15 is 0 Å². The summed E-state index contributed by atoms with van der Waals surface area (Å²) in [5.41, 5.74) is 0.610. The molecule has 0 aromatic heterocycles. The Morgan fingerprint density at radius 1 is 1.05 bits per heavy atom. The van der Waals surface area contributed by atoms with E-state index in [2.05, 4.69) is 0 Å². The molecule has 0 N–H and O–H groups in total. The van der Waals surface area contributed by atoms with Gasteiger partial charge in [-0.05, 0) is 24.3 Å². The Morgan fingerprint density at radius 3 is 2.14 bits per heavy atom. The quantitative estimate of drug-likeness (QED) is 0.769. The average molecular weight is 296 g/mol. The number of carbonyl (C=O) groups excluding carboxylic acids is 2. The molecule has 2 amide bonds. The van der Waals surface area contributed by atoms with Crippen molar-refractivity contribution in [3.8, 4) is 0 Å². The highest BCUT2D eigenvalue weighted by atomic mass is 19.1. The first-order chi connectivity index (χ1) is 9.95. The summed E-state index contributed by atoms with van der Waals surface area (Å²) in [6.45, 7) is 4.58. The molecule has 0 unspecified atom stereocenters. The van der Waals surface area contributed by atoms with Crippen molar-refractivity contribution >= 4 is 17.5 Å². The molecule has 0 aliphatic carbocycles. The first-order valence-electron chi connectivity index (χ1n) is 6.74. The van der Waals surface area contributed by atoms with Crippen LogP contribution in [0.25, 0.3) is 0 Å². The molecule has 0 saturated carbocycles. The minimum absolute atomic E-state index is 0.0744. The fraction of sp³-hybridized carbons (Fsp3) is 0.467. The van der Waals surface area contributed by atoms with Crippen molar-refractivity contribution < 1.29 is 18.7 Å². The molecule has 1 aromatic rings. The molecular formula is C15H21FN2O3. The molecule has 1 aromatic carbocycles. The lowest BCUT2D eigenvalue weighted by molar-refractivity contribution is -0.129. The Bertz CT molecular complexity index is 476. The summed E-state index contributed by atoms with van der Waals surface area (Å²) < 4.78 is 17.9. The number of nitrogens with zero attached hydrogens (tertiary/aromatic N) is 2. The summed E-state index contributed by atoms with van der Waals surface area (Å²) in [5, 5.41) is 0. The maximum absolute atomic E-state index is 12.9. The number of methoxy groups -OCH3 is 1. The van der Waals surface area contributed by atoms with Crippen LogP contribution in [-0.2, 0) is 14.3 Å². The first kappa shape index (κ1) is 17.1. The molecular weight excluding hydrogens is 275 g/mol. The van der Waals surface area contributed by atoms with Gasteiger partial charge in [0.15, 0.2) is 0 Å². The van der Waals surface area contributed by atoms with Crippen molar-refractivity contribution in [1.29, 1.82) is 0 Å². The molecule has 0 bridgehead atoms. The topological polar surface area (TPSA) is 49.9 Å². The van der Waals surface area contributed by atoms with Gasteiger partial charge < -0.3 is 14.5 Å². The van der Waals surface area contributed by atoms with E-state index in [1.807, 2.05) is 0 Å². The molecule has 21 heavy (non-hydrogen) atoms. The van der Waals surface area contributed by atoms with Crippen molar-refractivity contribution in [3.63, 3.8) is 0 Å². The van der Waals surface area contributed by atoms with Crippen LogP contribution in [0.1, 0.15) is 13.8 Å². The minimum Gasteiger partial charge on any atom is -0.383 e. The third kappa shape index (κ3) is 5.51. The van der Waals surface area contributed by atoms with Crippen molar-refractivity contribution in [2.45, 2.75) is 13.8 Å². The highest BCUT2D eigenvalue weighted by Crippen LogP contribution is 2.15. The molecule has 1 rings (SSSR count). The number of ether oxygens (including phenoxy) is 1. The molecule has 0 spiro atoms.